The fourth-order valence-corrected chi connectivity index (χ4v) is 3.67. The summed E-state index contributed by atoms with van der Waals surface area (Å²) in [5.74, 6) is -1.13. The molecule has 0 unspecified atom stereocenters. The van der Waals surface area contributed by atoms with E-state index < -0.39 is 5.97 Å². The molecule has 2 aromatic rings. The van der Waals surface area contributed by atoms with E-state index in [0.717, 1.165) is 22.6 Å². The average molecular weight is 355 g/mol. The van der Waals surface area contributed by atoms with E-state index in [0.29, 0.717) is 32.2 Å². The van der Waals surface area contributed by atoms with Crippen LogP contribution in [-0.2, 0) is 16.1 Å². The van der Waals surface area contributed by atoms with Crippen LogP contribution in [0.25, 0.3) is 5.69 Å². The summed E-state index contributed by atoms with van der Waals surface area (Å²) in [6.07, 6.45) is 2.44. The van der Waals surface area contributed by atoms with E-state index in [1.807, 2.05) is 48.9 Å². The molecule has 1 aromatic heterocycles. The van der Waals surface area contributed by atoms with Gasteiger partial charge >= 0.3 is 5.97 Å². The van der Waals surface area contributed by atoms with Crippen LogP contribution in [0.3, 0.4) is 0 Å². The van der Waals surface area contributed by atoms with Crippen molar-refractivity contribution < 1.29 is 14.7 Å². The first-order chi connectivity index (χ1) is 12.5. The minimum absolute atomic E-state index is 0.0111. The minimum atomic E-state index is -0.748. The zero-order valence-corrected chi connectivity index (χ0v) is 15.2. The number of rotatable bonds is 5. The third kappa shape index (κ3) is 3.95. The van der Waals surface area contributed by atoms with Crippen LogP contribution in [0, 0.1) is 25.7 Å². The van der Waals surface area contributed by atoms with E-state index >= 15 is 0 Å². The third-order valence-corrected chi connectivity index (χ3v) is 5.13. The first kappa shape index (κ1) is 18.2. The van der Waals surface area contributed by atoms with Gasteiger partial charge in [0.15, 0.2) is 0 Å². The van der Waals surface area contributed by atoms with Gasteiger partial charge in [0.05, 0.1) is 17.3 Å². The number of carbonyl (C=O) groups is 2. The minimum Gasteiger partial charge on any atom is -0.481 e. The summed E-state index contributed by atoms with van der Waals surface area (Å²) in [6.45, 7) is 4.41. The Morgan fingerprint density at radius 1 is 1.15 bits per heavy atom. The predicted molar refractivity (Wildman–Crippen MR) is 98.0 cm³/mol. The lowest BCUT2D eigenvalue weighted by molar-refractivity contribution is -0.144. The van der Waals surface area contributed by atoms with Crippen molar-refractivity contribution in [2.75, 3.05) is 0 Å². The number of carbonyl (C=O) groups excluding carboxylic acids is 1. The topological polar surface area (TPSA) is 84.2 Å². The summed E-state index contributed by atoms with van der Waals surface area (Å²) >= 11 is 0. The molecule has 1 aromatic carbocycles. The molecule has 1 fully saturated rings. The van der Waals surface area contributed by atoms with Gasteiger partial charge in [-0.2, -0.15) is 5.10 Å². The molecule has 2 N–H and O–H groups in total. The first-order valence-corrected chi connectivity index (χ1v) is 9.07. The Kier molecular flexibility index (Phi) is 5.40. The molecular weight excluding hydrogens is 330 g/mol. The number of nitrogens with one attached hydrogen (secondary N) is 1. The summed E-state index contributed by atoms with van der Waals surface area (Å²) < 4.78 is 1.90. The van der Waals surface area contributed by atoms with Gasteiger partial charge in [0.1, 0.15) is 0 Å². The van der Waals surface area contributed by atoms with E-state index in [1.165, 1.54) is 0 Å². The van der Waals surface area contributed by atoms with E-state index in [1.54, 1.807) is 0 Å². The van der Waals surface area contributed by atoms with Crippen molar-refractivity contribution in [1.29, 1.82) is 0 Å². The Hall–Kier alpha value is -2.63. The Morgan fingerprint density at radius 3 is 2.42 bits per heavy atom. The highest BCUT2D eigenvalue weighted by Crippen LogP contribution is 2.29. The molecular formula is C20H25N3O3. The van der Waals surface area contributed by atoms with E-state index in [4.69, 9.17) is 5.11 Å². The highest BCUT2D eigenvalue weighted by atomic mass is 16.4. The number of aryl methyl sites for hydroxylation is 2. The molecule has 3 rings (SSSR count). The maximum absolute atomic E-state index is 12.5. The lowest BCUT2D eigenvalue weighted by Gasteiger charge is -2.25. The van der Waals surface area contributed by atoms with Crippen molar-refractivity contribution in [2.45, 2.75) is 46.1 Å². The van der Waals surface area contributed by atoms with Crippen LogP contribution in [0.5, 0.6) is 0 Å². The third-order valence-electron chi connectivity index (χ3n) is 5.13. The monoisotopic (exact) mass is 355 g/mol. The van der Waals surface area contributed by atoms with Gasteiger partial charge in [-0.25, -0.2) is 4.68 Å². The molecule has 0 atom stereocenters. The number of aromatic nitrogens is 2. The second-order valence-electron chi connectivity index (χ2n) is 7.07. The summed E-state index contributed by atoms with van der Waals surface area (Å²) in [5.41, 5.74) is 3.98. The highest BCUT2D eigenvalue weighted by molar-refractivity contribution is 5.79. The summed E-state index contributed by atoms with van der Waals surface area (Å²) in [4.78, 5) is 23.5. The van der Waals surface area contributed by atoms with Crippen molar-refractivity contribution in [3.05, 3.63) is 47.3 Å². The van der Waals surface area contributed by atoms with Crippen LogP contribution in [0.1, 0.15) is 42.6 Å². The SMILES string of the molecule is Cc1cc(C)n(-c2ccccc2CNC(=O)C2CCC(C(=O)O)CC2)n1. The van der Waals surface area contributed by atoms with Crippen LogP contribution in [0.15, 0.2) is 30.3 Å². The van der Waals surface area contributed by atoms with Gasteiger partial charge in [0, 0.05) is 18.2 Å². The maximum atomic E-state index is 12.5. The highest BCUT2D eigenvalue weighted by Gasteiger charge is 2.29. The van der Waals surface area contributed by atoms with Gasteiger partial charge in [-0.1, -0.05) is 18.2 Å². The normalized spacial score (nSPS) is 19.9. The van der Waals surface area contributed by atoms with Crippen LogP contribution < -0.4 is 5.32 Å². The summed E-state index contributed by atoms with van der Waals surface area (Å²) in [6, 6.07) is 9.93. The van der Waals surface area contributed by atoms with Crippen molar-refractivity contribution in [1.82, 2.24) is 15.1 Å². The Bertz CT molecular complexity index is 804. The first-order valence-electron chi connectivity index (χ1n) is 9.07. The summed E-state index contributed by atoms with van der Waals surface area (Å²) in [5, 5.41) is 16.6. The molecule has 1 amide bonds. The smallest absolute Gasteiger partial charge is 0.306 e. The molecule has 1 aliphatic carbocycles. The van der Waals surface area contributed by atoms with Gasteiger partial charge in [-0.3, -0.25) is 9.59 Å². The Labute approximate surface area is 153 Å². The number of hydrogen-bond acceptors (Lipinski definition) is 3. The van der Waals surface area contributed by atoms with Gasteiger partial charge in [-0.05, 0) is 57.2 Å². The Balaban J connectivity index is 1.65. The number of benzene rings is 1. The predicted octanol–water partition coefficient (Wildman–Crippen LogP) is 3.00. The van der Waals surface area contributed by atoms with Crippen molar-refractivity contribution in [3.63, 3.8) is 0 Å². The largest absolute Gasteiger partial charge is 0.481 e. The van der Waals surface area contributed by atoms with Crippen LogP contribution in [-0.4, -0.2) is 26.8 Å². The van der Waals surface area contributed by atoms with Crippen molar-refractivity contribution in [3.8, 4) is 5.69 Å². The fraction of sp³-hybridized carbons (Fsp3) is 0.450. The number of nitrogens with zero attached hydrogens (tertiary/aromatic N) is 2. The van der Waals surface area contributed by atoms with Gasteiger partial charge in [-0.15, -0.1) is 0 Å². The standard InChI is InChI=1S/C20H25N3O3/c1-13-11-14(2)23(22-13)18-6-4-3-5-17(18)12-21-19(24)15-7-9-16(10-8-15)20(25)26/h3-6,11,15-16H,7-10,12H2,1-2H3,(H,21,24)(H,25,26). The van der Waals surface area contributed by atoms with Gasteiger partial charge in [0.2, 0.25) is 5.91 Å². The van der Waals surface area contributed by atoms with Crippen molar-refractivity contribution >= 4 is 11.9 Å². The molecule has 0 spiro atoms. The average Bonchev–Trinajstić information content (AvgIpc) is 2.98. The zero-order valence-electron chi connectivity index (χ0n) is 15.2. The molecule has 1 heterocycles. The second-order valence-corrected chi connectivity index (χ2v) is 7.07. The fourth-order valence-electron chi connectivity index (χ4n) is 3.67. The van der Waals surface area contributed by atoms with Gasteiger partial charge < -0.3 is 10.4 Å². The quantitative estimate of drug-likeness (QED) is 0.863. The molecule has 0 saturated heterocycles. The molecule has 0 bridgehead atoms. The number of para-hydroxylation sites is 1. The molecule has 6 heteroatoms. The molecule has 138 valence electrons. The number of carboxylic acid groups (broad SMARTS) is 1. The van der Waals surface area contributed by atoms with Crippen LogP contribution in [0.4, 0.5) is 0 Å². The van der Waals surface area contributed by atoms with E-state index in [9.17, 15) is 9.59 Å². The van der Waals surface area contributed by atoms with Crippen LogP contribution >= 0.6 is 0 Å². The van der Waals surface area contributed by atoms with E-state index in [-0.39, 0.29) is 17.7 Å². The molecule has 26 heavy (non-hydrogen) atoms. The van der Waals surface area contributed by atoms with E-state index in [2.05, 4.69) is 10.4 Å². The molecule has 1 aliphatic rings. The maximum Gasteiger partial charge on any atom is 0.306 e. The Morgan fingerprint density at radius 2 is 1.81 bits per heavy atom. The lowest BCUT2D eigenvalue weighted by Crippen LogP contribution is -2.34. The number of aliphatic carboxylic acids is 1. The molecule has 0 radical (unpaired) electrons. The van der Waals surface area contributed by atoms with Gasteiger partial charge in [0.25, 0.3) is 0 Å². The number of amides is 1. The van der Waals surface area contributed by atoms with Crippen molar-refractivity contribution in [2.24, 2.45) is 11.8 Å². The molecule has 1 saturated carbocycles. The molecule has 6 nitrogen and oxygen atoms in total. The molecule has 0 aliphatic heterocycles. The lowest BCUT2D eigenvalue weighted by atomic mass is 9.81. The second kappa shape index (κ2) is 7.72. The number of carboxylic acids is 1. The number of hydrogen-bond donors (Lipinski definition) is 2. The zero-order chi connectivity index (χ0) is 18.7. The van der Waals surface area contributed by atoms with Crippen LogP contribution in [0.2, 0.25) is 0 Å². The summed E-state index contributed by atoms with van der Waals surface area (Å²) in [7, 11) is 0.